The van der Waals surface area contributed by atoms with Crippen molar-refractivity contribution in [2.75, 3.05) is 0 Å². The number of benzene rings is 1. The number of nitrogens with zero attached hydrogens (tertiary/aromatic N) is 1. The molecule has 0 aliphatic heterocycles. The number of hydrogen-bond donors (Lipinski definition) is 1. The monoisotopic (exact) mass is 230 g/mol. The van der Waals surface area contributed by atoms with Crippen molar-refractivity contribution in [2.45, 2.75) is 40.5 Å². The minimum atomic E-state index is 0.394. The van der Waals surface area contributed by atoms with E-state index in [0.717, 1.165) is 23.3 Å². The van der Waals surface area contributed by atoms with Crippen molar-refractivity contribution in [1.82, 2.24) is 9.97 Å². The maximum absolute atomic E-state index is 4.63. The third-order valence-electron chi connectivity index (χ3n) is 2.94. The van der Waals surface area contributed by atoms with Gasteiger partial charge in [0.05, 0.1) is 11.0 Å². The summed E-state index contributed by atoms with van der Waals surface area (Å²) in [6.07, 6.45) is 2.26. The molecule has 0 amide bonds. The first-order valence-electron chi connectivity index (χ1n) is 6.38. The number of H-pyrrole nitrogens is 1. The maximum Gasteiger partial charge on any atom is 0.107 e. The highest BCUT2D eigenvalue weighted by molar-refractivity contribution is 5.74. The van der Waals surface area contributed by atoms with Crippen LogP contribution in [0, 0.1) is 11.3 Å². The molecule has 17 heavy (non-hydrogen) atoms. The first kappa shape index (κ1) is 12.2. The maximum atomic E-state index is 4.63. The Morgan fingerprint density at radius 1 is 1.24 bits per heavy atom. The molecule has 2 aromatic rings. The number of rotatable bonds is 3. The van der Waals surface area contributed by atoms with Crippen molar-refractivity contribution in [3.63, 3.8) is 0 Å². The number of hydrogen-bond acceptors (Lipinski definition) is 1. The second-order valence-corrected chi connectivity index (χ2v) is 6.27. The summed E-state index contributed by atoms with van der Waals surface area (Å²) < 4.78 is 0. The average molecular weight is 230 g/mol. The van der Waals surface area contributed by atoms with Crippen molar-refractivity contribution >= 4 is 11.0 Å². The predicted octanol–water partition coefficient (Wildman–Crippen LogP) is 4.18. The molecule has 1 N–H and O–H groups in total. The average Bonchev–Trinajstić information content (AvgIpc) is 2.55. The van der Waals surface area contributed by atoms with E-state index in [0.29, 0.717) is 11.3 Å². The third kappa shape index (κ3) is 3.32. The smallest absolute Gasteiger partial charge is 0.107 e. The van der Waals surface area contributed by atoms with Gasteiger partial charge in [-0.3, -0.25) is 0 Å². The molecule has 92 valence electrons. The topological polar surface area (TPSA) is 28.7 Å². The van der Waals surface area contributed by atoms with Gasteiger partial charge in [0.25, 0.3) is 0 Å². The van der Waals surface area contributed by atoms with E-state index in [1.165, 1.54) is 6.42 Å². The quantitative estimate of drug-likeness (QED) is 0.842. The van der Waals surface area contributed by atoms with Crippen LogP contribution in [0.2, 0.25) is 0 Å². The van der Waals surface area contributed by atoms with Gasteiger partial charge in [0.2, 0.25) is 0 Å². The second kappa shape index (κ2) is 4.52. The summed E-state index contributed by atoms with van der Waals surface area (Å²) in [7, 11) is 0. The fourth-order valence-corrected chi connectivity index (χ4v) is 2.55. The predicted molar refractivity (Wildman–Crippen MR) is 73.0 cm³/mol. The summed E-state index contributed by atoms with van der Waals surface area (Å²) in [5.74, 6) is 1.78. The molecule has 0 bridgehead atoms. The molecule has 1 aromatic heterocycles. The lowest BCUT2D eigenvalue weighted by Crippen LogP contribution is -2.13. The SMILES string of the molecule is CC(Cc1nc2ccccc2[nH]1)CC(C)(C)C. The van der Waals surface area contributed by atoms with E-state index in [-0.39, 0.29) is 0 Å². The van der Waals surface area contributed by atoms with Gasteiger partial charge in [-0.05, 0) is 29.9 Å². The van der Waals surface area contributed by atoms with Crippen molar-refractivity contribution in [3.05, 3.63) is 30.1 Å². The number of fused-ring (bicyclic) bond motifs is 1. The summed E-state index contributed by atoms with van der Waals surface area (Å²) >= 11 is 0. The van der Waals surface area contributed by atoms with Crippen LogP contribution in [0.4, 0.5) is 0 Å². The lowest BCUT2D eigenvalue weighted by atomic mass is 9.84. The molecular weight excluding hydrogens is 208 g/mol. The number of para-hydroxylation sites is 2. The zero-order valence-corrected chi connectivity index (χ0v) is 11.2. The highest BCUT2D eigenvalue weighted by Gasteiger charge is 2.16. The van der Waals surface area contributed by atoms with Crippen molar-refractivity contribution in [1.29, 1.82) is 0 Å². The van der Waals surface area contributed by atoms with E-state index in [4.69, 9.17) is 0 Å². The Morgan fingerprint density at radius 3 is 2.59 bits per heavy atom. The standard InChI is InChI=1S/C15H22N2/c1-11(10-15(2,3)4)9-14-16-12-7-5-6-8-13(12)17-14/h5-8,11H,9-10H2,1-4H3,(H,16,17). The normalized spacial score (nSPS) is 14.1. The van der Waals surface area contributed by atoms with Crippen LogP contribution in [0.3, 0.4) is 0 Å². The Balaban J connectivity index is 2.08. The minimum absolute atomic E-state index is 0.394. The molecular formula is C15H22N2. The Bertz CT molecular complexity index is 458. The molecule has 0 aliphatic carbocycles. The fourth-order valence-electron chi connectivity index (χ4n) is 2.55. The Morgan fingerprint density at radius 2 is 1.94 bits per heavy atom. The highest BCUT2D eigenvalue weighted by Crippen LogP contribution is 2.26. The van der Waals surface area contributed by atoms with Crippen LogP contribution in [0.1, 0.15) is 39.9 Å². The third-order valence-corrected chi connectivity index (χ3v) is 2.94. The second-order valence-electron chi connectivity index (χ2n) is 6.27. The number of nitrogens with one attached hydrogen (secondary N) is 1. The van der Waals surface area contributed by atoms with Crippen LogP contribution >= 0.6 is 0 Å². The van der Waals surface area contributed by atoms with Gasteiger partial charge in [-0.15, -0.1) is 0 Å². The lowest BCUT2D eigenvalue weighted by molar-refractivity contribution is 0.304. The lowest BCUT2D eigenvalue weighted by Gasteiger charge is -2.22. The largest absolute Gasteiger partial charge is 0.342 e. The summed E-state index contributed by atoms with van der Waals surface area (Å²) in [4.78, 5) is 8.03. The molecule has 2 rings (SSSR count). The zero-order valence-electron chi connectivity index (χ0n) is 11.2. The van der Waals surface area contributed by atoms with Gasteiger partial charge in [0.15, 0.2) is 0 Å². The van der Waals surface area contributed by atoms with Crippen LogP contribution < -0.4 is 0 Å². The van der Waals surface area contributed by atoms with E-state index >= 15 is 0 Å². The molecule has 0 radical (unpaired) electrons. The first-order valence-corrected chi connectivity index (χ1v) is 6.38. The van der Waals surface area contributed by atoms with Gasteiger partial charge in [-0.25, -0.2) is 4.98 Å². The summed E-state index contributed by atoms with van der Waals surface area (Å²) in [6, 6.07) is 8.22. The molecule has 0 aliphatic rings. The number of imidazole rings is 1. The molecule has 2 heteroatoms. The van der Waals surface area contributed by atoms with E-state index in [1.807, 2.05) is 12.1 Å². The van der Waals surface area contributed by atoms with E-state index < -0.39 is 0 Å². The van der Waals surface area contributed by atoms with Gasteiger partial charge >= 0.3 is 0 Å². The molecule has 1 unspecified atom stereocenters. The number of aromatic nitrogens is 2. The minimum Gasteiger partial charge on any atom is -0.342 e. The van der Waals surface area contributed by atoms with Gasteiger partial charge in [-0.1, -0.05) is 39.8 Å². The Labute approximate surface area is 103 Å². The Hall–Kier alpha value is -1.31. The molecule has 0 saturated carbocycles. The molecule has 0 fully saturated rings. The first-order chi connectivity index (χ1) is 7.94. The molecule has 1 aromatic carbocycles. The summed E-state index contributed by atoms with van der Waals surface area (Å²) in [6.45, 7) is 9.19. The van der Waals surface area contributed by atoms with E-state index in [9.17, 15) is 0 Å². The van der Waals surface area contributed by atoms with Crippen LogP contribution in [-0.4, -0.2) is 9.97 Å². The molecule has 1 heterocycles. The van der Waals surface area contributed by atoms with Crippen LogP contribution in [-0.2, 0) is 6.42 Å². The van der Waals surface area contributed by atoms with Crippen LogP contribution in [0.15, 0.2) is 24.3 Å². The Kier molecular flexibility index (Phi) is 3.23. The highest BCUT2D eigenvalue weighted by atomic mass is 14.9. The van der Waals surface area contributed by atoms with Crippen molar-refractivity contribution < 1.29 is 0 Å². The van der Waals surface area contributed by atoms with E-state index in [1.54, 1.807) is 0 Å². The van der Waals surface area contributed by atoms with Gasteiger partial charge in [0, 0.05) is 6.42 Å². The fraction of sp³-hybridized carbons (Fsp3) is 0.533. The molecule has 1 atom stereocenters. The molecule has 0 spiro atoms. The van der Waals surface area contributed by atoms with Crippen LogP contribution in [0.25, 0.3) is 11.0 Å². The van der Waals surface area contributed by atoms with Crippen molar-refractivity contribution in [3.8, 4) is 0 Å². The van der Waals surface area contributed by atoms with Gasteiger partial charge < -0.3 is 4.98 Å². The van der Waals surface area contributed by atoms with Gasteiger partial charge in [-0.2, -0.15) is 0 Å². The summed E-state index contributed by atoms with van der Waals surface area (Å²) in [5.41, 5.74) is 2.61. The summed E-state index contributed by atoms with van der Waals surface area (Å²) in [5, 5.41) is 0. The number of aromatic amines is 1. The van der Waals surface area contributed by atoms with E-state index in [2.05, 4.69) is 49.8 Å². The molecule has 0 saturated heterocycles. The zero-order chi connectivity index (χ0) is 12.5. The van der Waals surface area contributed by atoms with Crippen molar-refractivity contribution in [2.24, 2.45) is 11.3 Å². The van der Waals surface area contributed by atoms with Gasteiger partial charge in [0.1, 0.15) is 5.82 Å². The molecule has 2 nitrogen and oxygen atoms in total. The van der Waals surface area contributed by atoms with Crippen LogP contribution in [0.5, 0.6) is 0 Å².